The predicted octanol–water partition coefficient (Wildman–Crippen LogP) is 1.12. The molecule has 0 atom stereocenters. The number of hydrogen-bond donors (Lipinski definition) is 2. The van der Waals surface area contributed by atoms with Gasteiger partial charge in [-0.15, -0.1) is 0 Å². The fourth-order valence-electron chi connectivity index (χ4n) is 1.34. The van der Waals surface area contributed by atoms with Crippen LogP contribution in [0.5, 0.6) is 0 Å². The number of rotatable bonds is 5. The molecule has 0 aliphatic heterocycles. The van der Waals surface area contributed by atoms with E-state index in [4.69, 9.17) is 5.26 Å². The lowest BCUT2D eigenvalue weighted by Crippen LogP contribution is -2.23. The predicted molar refractivity (Wildman–Crippen MR) is 58.5 cm³/mol. The molecule has 0 bridgehead atoms. The summed E-state index contributed by atoms with van der Waals surface area (Å²) in [5, 5.41) is 15.2. The van der Waals surface area contributed by atoms with Crippen LogP contribution in [-0.2, 0) is 0 Å². The molecule has 1 aliphatic rings. The van der Waals surface area contributed by atoms with E-state index in [1.807, 2.05) is 12.1 Å². The Balaban J connectivity index is 1.70. The first-order valence-electron chi connectivity index (χ1n) is 5.22. The minimum atomic E-state index is 0.455. The van der Waals surface area contributed by atoms with Gasteiger partial charge in [0.15, 0.2) is 0 Å². The van der Waals surface area contributed by atoms with Crippen LogP contribution in [0.25, 0.3) is 0 Å². The van der Waals surface area contributed by atoms with Gasteiger partial charge in [0.05, 0.1) is 11.9 Å². The highest BCUT2D eigenvalue weighted by atomic mass is 15.0. The molecule has 0 saturated heterocycles. The van der Waals surface area contributed by atoms with Gasteiger partial charge in [0.25, 0.3) is 0 Å². The third-order valence-electron chi connectivity index (χ3n) is 2.34. The Labute approximate surface area is 89.3 Å². The number of nitriles is 1. The Bertz CT molecular complexity index is 348. The van der Waals surface area contributed by atoms with Gasteiger partial charge in [0, 0.05) is 19.1 Å². The molecule has 0 spiro atoms. The molecule has 4 nitrogen and oxygen atoms in total. The quantitative estimate of drug-likeness (QED) is 0.702. The molecule has 15 heavy (non-hydrogen) atoms. The van der Waals surface area contributed by atoms with E-state index in [0.717, 1.165) is 24.8 Å². The molecule has 1 saturated carbocycles. The number of nitrogens with one attached hydrogen (secondary N) is 2. The van der Waals surface area contributed by atoms with E-state index in [-0.39, 0.29) is 0 Å². The molecule has 1 aromatic heterocycles. The highest BCUT2D eigenvalue weighted by Crippen LogP contribution is 2.17. The van der Waals surface area contributed by atoms with Gasteiger partial charge in [-0.3, -0.25) is 0 Å². The lowest BCUT2D eigenvalue weighted by Gasteiger charge is -2.06. The molecule has 0 unspecified atom stereocenters. The summed E-state index contributed by atoms with van der Waals surface area (Å²) >= 11 is 0. The molecular formula is C11H14N4. The van der Waals surface area contributed by atoms with Crippen LogP contribution in [0.4, 0.5) is 5.69 Å². The van der Waals surface area contributed by atoms with Gasteiger partial charge in [-0.05, 0) is 25.0 Å². The Hall–Kier alpha value is -1.60. The lowest BCUT2D eigenvalue weighted by molar-refractivity contribution is 0.701. The van der Waals surface area contributed by atoms with Crippen LogP contribution in [0, 0.1) is 11.3 Å². The second-order valence-electron chi connectivity index (χ2n) is 3.70. The SMILES string of the molecule is N#Cc1ccc(NCCNC2CC2)cn1. The molecule has 1 aliphatic carbocycles. The Morgan fingerprint density at radius 3 is 2.87 bits per heavy atom. The van der Waals surface area contributed by atoms with Crippen molar-refractivity contribution in [3.63, 3.8) is 0 Å². The molecule has 4 heteroatoms. The summed E-state index contributed by atoms with van der Waals surface area (Å²) in [7, 11) is 0. The average molecular weight is 202 g/mol. The van der Waals surface area contributed by atoms with E-state index < -0.39 is 0 Å². The largest absolute Gasteiger partial charge is 0.383 e. The first kappa shape index (κ1) is 9.94. The van der Waals surface area contributed by atoms with Gasteiger partial charge in [-0.1, -0.05) is 0 Å². The van der Waals surface area contributed by atoms with Crippen molar-refractivity contribution < 1.29 is 0 Å². The van der Waals surface area contributed by atoms with Crippen LogP contribution >= 0.6 is 0 Å². The zero-order chi connectivity index (χ0) is 10.5. The minimum absolute atomic E-state index is 0.455. The van der Waals surface area contributed by atoms with E-state index in [0.29, 0.717) is 5.69 Å². The highest BCUT2D eigenvalue weighted by molar-refractivity contribution is 5.42. The standard InChI is InChI=1S/C11H14N4/c12-7-10-3-4-11(8-15-10)14-6-5-13-9-1-2-9/h3-4,8-9,13-14H,1-2,5-6H2. The third-order valence-corrected chi connectivity index (χ3v) is 2.34. The third kappa shape index (κ3) is 3.22. The van der Waals surface area contributed by atoms with Gasteiger partial charge in [0.2, 0.25) is 0 Å². The van der Waals surface area contributed by atoms with Crippen LogP contribution in [0.15, 0.2) is 18.3 Å². The molecule has 2 rings (SSSR count). The van der Waals surface area contributed by atoms with Gasteiger partial charge < -0.3 is 10.6 Å². The van der Waals surface area contributed by atoms with Crippen molar-refractivity contribution in [1.82, 2.24) is 10.3 Å². The fourth-order valence-corrected chi connectivity index (χ4v) is 1.34. The fraction of sp³-hybridized carbons (Fsp3) is 0.455. The van der Waals surface area contributed by atoms with E-state index in [2.05, 4.69) is 15.6 Å². The smallest absolute Gasteiger partial charge is 0.140 e. The van der Waals surface area contributed by atoms with Crippen molar-refractivity contribution in [3.05, 3.63) is 24.0 Å². The summed E-state index contributed by atoms with van der Waals surface area (Å²) in [5.74, 6) is 0. The Morgan fingerprint density at radius 2 is 2.27 bits per heavy atom. The monoisotopic (exact) mass is 202 g/mol. The maximum absolute atomic E-state index is 8.57. The molecule has 0 amide bonds. The van der Waals surface area contributed by atoms with Crippen LogP contribution in [0.3, 0.4) is 0 Å². The summed E-state index contributed by atoms with van der Waals surface area (Å²) in [6.07, 6.45) is 4.33. The van der Waals surface area contributed by atoms with Crippen LogP contribution in [0.2, 0.25) is 0 Å². The van der Waals surface area contributed by atoms with Crippen LogP contribution in [-0.4, -0.2) is 24.1 Å². The maximum atomic E-state index is 8.57. The normalized spacial score (nSPS) is 14.6. The second-order valence-corrected chi connectivity index (χ2v) is 3.70. The molecular weight excluding hydrogens is 188 g/mol. The molecule has 2 N–H and O–H groups in total. The summed E-state index contributed by atoms with van der Waals surface area (Å²) < 4.78 is 0. The van der Waals surface area contributed by atoms with Gasteiger partial charge in [0.1, 0.15) is 11.8 Å². The first-order valence-corrected chi connectivity index (χ1v) is 5.22. The summed E-state index contributed by atoms with van der Waals surface area (Å²) in [6, 6.07) is 6.35. The lowest BCUT2D eigenvalue weighted by atomic mass is 10.3. The van der Waals surface area contributed by atoms with Crippen molar-refractivity contribution in [3.8, 4) is 6.07 Å². The molecule has 0 radical (unpaired) electrons. The van der Waals surface area contributed by atoms with E-state index in [1.54, 1.807) is 12.3 Å². The van der Waals surface area contributed by atoms with Crippen molar-refractivity contribution in [2.24, 2.45) is 0 Å². The first-order chi connectivity index (χ1) is 7.38. The van der Waals surface area contributed by atoms with Crippen molar-refractivity contribution in [2.45, 2.75) is 18.9 Å². The highest BCUT2D eigenvalue weighted by Gasteiger charge is 2.19. The Kier molecular flexibility index (Phi) is 3.15. The molecule has 1 heterocycles. The molecule has 1 fully saturated rings. The van der Waals surface area contributed by atoms with Crippen molar-refractivity contribution in [2.75, 3.05) is 18.4 Å². The van der Waals surface area contributed by atoms with Crippen molar-refractivity contribution >= 4 is 5.69 Å². The van der Waals surface area contributed by atoms with Gasteiger partial charge in [-0.2, -0.15) is 5.26 Å². The summed E-state index contributed by atoms with van der Waals surface area (Å²) in [6.45, 7) is 1.87. The molecule has 0 aromatic carbocycles. The van der Waals surface area contributed by atoms with Gasteiger partial charge in [-0.25, -0.2) is 4.98 Å². The number of nitrogens with zero attached hydrogens (tertiary/aromatic N) is 2. The zero-order valence-corrected chi connectivity index (χ0v) is 8.53. The molecule has 1 aromatic rings. The summed E-state index contributed by atoms with van der Waals surface area (Å²) in [5.41, 5.74) is 1.42. The second kappa shape index (κ2) is 4.76. The number of anilines is 1. The number of hydrogen-bond acceptors (Lipinski definition) is 4. The van der Waals surface area contributed by atoms with E-state index in [1.165, 1.54) is 12.8 Å². The van der Waals surface area contributed by atoms with Crippen molar-refractivity contribution in [1.29, 1.82) is 5.26 Å². The molecule has 78 valence electrons. The minimum Gasteiger partial charge on any atom is -0.383 e. The Morgan fingerprint density at radius 1 is 1.40 bits per heavy atom. The van der Waals surface area contributed by atoms with E-state index >= 15 is 0 Å². The van der Waals surface area contributed by atoms with Crippen LogP contribution in [0.1, 0.15) is 18.5 Å². The zero-order valence-electron chi connectivity index (χ0n) is 8.53. The summed E-state index contributed by atoms with van der Waals surface area (Å²) in [4.78, 5) is 3.98. The average Bonchev–Trinajstić information content (AvgIpc) is 3.09. The van der Waals surface area contributed by atoms with E-state index in [9.17, 15) is 0 Å². The van der Waals surface area contributed by atoms with Gasteiger partial charge >= 0.3 is 0 Å². The maximum Gasteiger partial charge on any atom is 0.140 e. The number of aromatic nitrogens is 1. The topological polar surface area (TPSA) is 60.7 Å². The number of pyridine rings is 1. The van der Waals surface area contributed by atoms with Crippen LogP contribution < -0.4 is 10.6 Å².